The number of carboxylic acid groups (broad SMARTS) is 1. The molecule has 0 amide bonds. The number of carboxylic acids is 1. The minimum absolute atomic E-state index is 0. The number of carbonyl (C=O) groups is 3. The van der Waals surface area contributed by atoms with Crippen LogP contribution in [0.5, 0.6) is 0 Å². The molecule has 0 bridgehead atoms. The number of ether oxygens (including phenoxy) is 2. The Bertz CT molecular complexity index is 672. The van der Waals surface area contributed by atoms with Crippen molar-refractivity contribution in [3.05, 3.63) is 34.3 Å². The van der Waals surface area contributed by atoms with Gasteiger partial charge in [0.2, 0.25) is 23.1 Å². The molecular weight excluding hydrogens is 371 g/mol. The smallest absolute Gasteiger partial charge is 0.545 e. The van der Waals surface area contributed by atoms with Crippen LogP contribution >= 0.6 is 0 Å². The number of allylic oxidation sites excluding steroid dienone is 3. The molecule has 0 atom stereocenters. The van der Waals surface area contributed by atoms with E-state index in [-0.39, 0.29) is 64.2 Å². The van der Waals surface area contributed by atoms with Gasteiger partial charge < -0.3 is 19.4 Å². The van der Waals surface area contributed by atoms with Crippen LogP contribution in [0.3, 0.4) is 0 Å². The van der Waals surface area contributed by atoms with Gasteiger partial charge in [-0.05, 0) is 31.4 Å². The van der Waals surface area contributed by atoms with Crippen molar-refractivity contribution in [2.45, 2.75) is 65.2 Å². The predicted octanol–water partition coefficient (Wildman–Crippen LogP) is -0.220. The second-order valence-electron chi connectivity index (χ2n) is 6.59. The topological polar surface area (TPSA) is 92.7 Å². The summed E-state index contributed by atoms with van der Waals surface area (Å²) < 4.78 is 9.97. The molecular formula is C21H29NaO6. The Kier molecular flexibility index (Phi) is 13.1. The molecule has 0 aromatic rings. The first-order valence-corrected chi connectivity index (χ1v) is 9.43. The minimum Gasteiger partial charge on any atom is -0.545 e. The summed E-state index contributed by atoms with van der Waals surface area (Å²) in [5.74, 6) is -2.77. The number of unbranched alkanes of at least 4 members (excludes halogenated alkanes) is 6. The summed E-state index contributed by atoms with van der Waals surface area (Å²) >= 11 is 0. The van der Waals surface area contributed by atoms with Gasteiger partial charge in [-0.25, -0.2) is 0 Å². The van der Waals surface area contributed by atoms with Gasteiger partial charge in [0.05, 0.1) is 20.2 Å². The molecule has 1 aliphatic rings. The van der Waals surface area contributed by atoms with Gasteiger partial charge in [-0.1, -0.05) is 45.4 Å². The van der Waals surface area contributed by atoms with Gasteiger partial charge in [0.25, 0.3) is 0 Å². The first-order valence-electron chi connectivity index (χ1n) is 9.43. The average molecular weight is 400 g/mol. The summed E-state index contributed by atoms with van der Waals surface area (Å²) in [4.78, 5) is 36.4. The van der Waals surface area contributed by atoms with E-state index in [2.05, 4.69) is 6.92 Å². The van der Waals surface area contributed by atoms with E-state index < -0.39 is 17.5 Å². The molecule has 150 valence electrons. The molecule has 0 radical (unpaired) electrons. The van der Waals surface area contributed by atoms with Crippen molar-refractivity contribution in [3.63, 3.8) is 0 Å². The molecule has 0 saturated carbocycles. The van der Waals surface area contributed by atoms with Crippen LogP contribution in [0.1, 0.15) is 65.2 Å². The molecule has 0 heterocycles. The van der Waals surface area contributed by atoms with Gasteiger partial charge in [0.1, 0.15) is 0 Å². The zero-order valence-corrected chi connectivity index (χ0v) is 19.7. The Morgan fingerprint density at radius 2 is 1.43 bits per heavy atom. The molecule has 0 saturated heterocycles. The van der Waals surface area contributed by atoms with E-state index in [0.29, 0.717) is 6.42 Å². The third kappa shape index (κ3) is 7.22. The molecule has 1 aliphatic carbocycles. The second kappa shape index (κ2) is 13.7. The molecule has 28 heavy (non-hydrogen) atoms. The van der Waals surface area contributed by atoms with Gasteiger partial charge in [0.15, 0.2) is 0 Å². The van der Waals surface area contributed by atoms with Crippen molar-refractivity contribution in [3.8, 4) is 0 Å². The summed E-state index contributed by atoms with van der Waals surface area (Å²) in [7, 11) is 2.54. The van der Waals surface area contributed by atoms with E-state index in [9.17, 15) is 19.5 Å². The molecule has 7 heteroatoms. The van der Waals surface area contributed by atoms with E-state index >= 15 is 0 Å². The van der Waals surface area contributed by atoms with E-state index in [0.717, 1.165) is 19.3 Å². The van der Waals surface area contributed by atoms with Crippen molar-refractivity contribution in [1.29, 1.82) is 0 Å². The van der Waals surface area contributed by atoms with Crippen molar-refractivity contribution in [2.24, 2.45) is 0 Å². The van der Waals surface area contributed by atoms with Crippen LogP contribution in [0.15, 0.2) is 34.3 Å². The summed E-state index contributed by atoms with van der Waals surface area (Å²) in [6.45, 7) is 3.63. The Morgan fingerprint density at radius 3 is 1.93 bits per heavy atom. The van der Waals surface area contributed by atoms with Gasteiger partial charge in [0, 0.05) is 11.1 Å². The monoisotopic (exact) mass is 400 g/mol. The Balaban J connectivity index is 0.00000729. The van der Waals surface area contributed by atoms with E-state index in [1.807, 2.05) is 0 Å². The van der Waals surface area contributed by atoms with Gasteiger partial charge >= 0.3 is 29.6 Å². The molecule has 1 rings (SSSR count). The number of rotatable bonds is 12. The number of hydrogen-bond acceptors (Lipinski definition) is 6. The molecule has 6 nitrogen and oxygen atoms in total. The summed E-state index contributed by atoms with van der Waals surface area (Å²) in [5, 5.41) is 11.5. The van der Waals surface area contributed by atoms with Crippen LogP contribution in [0.2, 0.25) is 0 Å². The number of aliphatic carboxylic acids is 1. The maximum Gasteiger partial charge on any atom is 1.00 e. The van der Waals surface area contributed by atoms with Gasteiger partial charge in [-0.15, -0.1) is 0 Å². The Morgan fingerprint density at radius 1 is 0.929 bits per heavy atom. The molecule has 0 spiro atoms. The largest absolute Gasteiger partial charge is 1.00 e. The van der Waals surface area contributed by atoms with Crippen LogP contribution < -0.4 is 34.7 Å². The first kappa shape index (κ1) is 26.6. The number of Topliss-reactive ketones (excluding diaryl/α,β-unsaturated/α-hetero) is 2. The maximum absolute atomic E-state index is 12.6. The molecule has 0 fully saturated rings. The second-order valence-corrected chi connectivity index (χ2v) is 6.59. The SMILES string of the molecule is CCCCCCCCC/C(=C\C1=C(C)C(=O)C(OC)=C(OC)C1=O)C(=O)[O-].[Na+]. The maximum atomic E-state index is 12.6. The molecule has 0 aromatic heterocycles. The fourth-order valence-electron chi connectivity index (χ4n) is 3.02. The van der Waals surface area contributed by atoms with Gasteiger partial charge in [-0.3, -0.25) is 9.59 Å². The summed E-state index contributed by atoms with van der Waals surface area (Å²) in [6, 6.07) is 0. The van der Waals surface area contributed by atoms with Crippen LogP contribution in [0.4, 0.5) is 0 Å². The van der Waals surface area contributed by atoms with Crippen LogP contribution in [-0.4, -0.2) is 31.8 Å². The fraction of sp³-hybridized carbons (Fsp3) is 0.571. The first-order chi connectivity index (χ1) is 12.9. The summed E-state index contributed by atoms with van der Waals surface area (Å²) in [5.41, 5.74) is 0.158. The zero-order valence-electron chi connectivity index (χ0n) is 17.7. The predicted molar refractivity (Wildman–Crippen MR) is 99.5 cm³/mol. The van der Waals surface area contributed by atoms with Crippen LogP contribution in [0, 0.1) is 0 Å². The Labute approximate surface area is 189 Å². The third-order valence-electron chi connectivity index (χ3n) is 4.65. The van der Waals surface area contributed by atoms with Crippen molar-refractivity contribution >= 4 is 17.5 Å². The number of ketones is 2. The van der Waals surface area contributed by atoms with E-state index in [4.69, 9.17) is 9.47 Å². The molecule has 0 aliphatic heterocycles. The summed E-state index contributed by atoms with van der Waals surface area (Å²) in [6.07, 6.45) is 8.91. The minimum atomic E-state index is -1.33. The molecule has 0 aromatic carbocycles. The van der Waals surface area contributed by atoms with Crippen LogP contribution in [0.25, 0.3) is 0 Å². The van der Waals surface area contributed by atoms with E-state index in [1.54, 1.807) is 0 Å². The average Bonchev–Trinajstić information content (AvgIpc) is 2.65. The standard InChI is InChI=1S/C21H30O6.Na/c1-5-6-7-8-9-10-11-12-15(21(24)25)13-16-14(2)17(22)19(26-3)20(27-4)18(16)23;/h13H,5-12H2,1-4H3,(H,24,25);/q;+1/p-1/b15-13+;. The van der Waals surface area contributed by atoms with Crippen molar-refractivity contribution in [2.75, 3.05) is 14.2 Å². The van der Waals surface area contributed by atoms with E-state index in [1.165, 1.54) is 46.5 Å². The zero-order chi connectivity index (χ0) is 20.4. The number of methoxy groups -OCH3 is 2. The van der Waals surface area contributed by atoms with Crippen LogP contribution in [-0.2, 0) is 23.9 Å². The normalized spacial score (nSPS) is 14.9. The number of hydrogen-bond donors (Lipinski definition) is 0. The van der Waals surface area contributed by atoms with Crippen molar-refractivity contribution < 1.29 is 58.5 Å². The van der Waals surface area contributed by atoms with Crippen molar-refractivity contribution in [1.82, 2.24) is 0 Å². The molecule has 0 unspecified atom stereocenters. The molecule has 0 N–H and O–H groups in total. The Hall–Kier alpha value is -1.37. The third-order valence-corrected chi connectivity index (χ3v) is 4.65. The fourth-order valence-corrected chi connectivity index (χ4v) is 3.02. The van der Waals surface area contributed by atoms with Gasteiger partial charge in [-0.2, -0.15) is 0 Å². The quantitative estimate of drug-likeness (QED) is 0.195. The number of carbonyl (C=O) groups excluding carboxylic acids is 3.